The number of hydrogen-bond donors (Lipinski definition) is 1. The minimum Gasteiger partial charge on any atom is -0.385 e. The summed E-state index contributed by atoms with van der Waals surface area (Å²) in [4.78, 5) is 3.92. The van der Waals surface area contributed by atoms with Crippen molar-refractivity contribution < 1.29 is 17.9 Å². The van der Waals surface area contributed by atoms with Crippen LogP contribution in [0, 0.1) is 5.41 Å². The van der Waals surface area contributed by atoms with E-state index < -0.39 is 11.7 Å². The number of anilines is 1. The van der Waals surface area contributed by atoms with E-state index in [1.165, 1.54) is 6.20 Å². The Labute approximate surface area is 110 Å². The minimum atomic E-state index is -4.33. The summed E-state index contributed by atoms with van der Waals surface area (Å²) in [6, 6.07) is 2.02. The van der Waals surface area contributed by atoms with E-state index in [0.29, 0.717) is 13.2 Å². The Bertz CT molecular complexity index is 430. The molecule has 1 aromatic heterocycles. The number of aromatic nitrogens is 1. The third-order valence-corrected chi connectivity index (χ3v) is 3.53. The van der Waals surface area contributed by atoms with Gasteiger partial charge < -0.3 is 10.1 Å². The van der Waals surface area contributed by atoms with Crippen LogP contribution in [-0.2, 0) is 10.9 Å². The maximum absolute atomic E-state index is 12.5. The van der Waals surface area contributed by atoms with E-state index in [1.807, 2.05) is 0 Å². The normalized spacial score (nSPS) is 17.3. The molecule has 19 heavy (non-hydrogen) atoms. The molecule has 1 aliphatic rings. The number of hydrogen-bond acceptors (Lipinski definition) is 3. The minimum absolute atomic E-state index is 0.173. The van der Waals surface area contributed by atoms with Crippen LogP contribution in [0.2, 0.25) is 0 Å². The molecule has 0 unspecified atom stereocenters. The zero-order chi connectivity index (χ0) is 13.9. The molecule has 1 aromatic rings. The van der Waals surface area contributed by atoms with Crippen molar-refractivity contribution in [3.8, 4) is 0 Å². The molecule has 0 amide bonds. The predicted octanol–water partition coefficient (Wildman–Crippen LogP) is 3.33. The van der Waals surface area contributed by atoms with Gasteiger partial charge in [0, 0.05) is 26.5 Å². The lowest BCUT2D eigenvalue weighted by Crippen LogP contribution is -2.18. The topological polar surface area (TPSA) is 34.1 Å². The smallest absolute Gasteiger partial charge is 0.385 e. The summed E-state index contributed by atoms with van der Waals surface area (Å²) in [5, 5.41) is 3.00. The fourth-order valence-electron chi connectivity index (χ4n) is 1.99. The molecule has 0 aliphatic heterocycles. The molecule has 0 aromatic carbocycles. The summed E-state index contributed by atoms with van der Waals surface area (Å²) in [6.07, 6.45) is -0.0489. The highest BCUT2D eigenvalue weighted by atomic mass is 19.4. The number of rotatable bonds is 6. The molecule has 3 nitrogen and oxygen atoms in total. The number of alkyl halides is 3. The van der Waals surface area contributed by atoms with Gasteiger partial charge in [-0.05, 0) is 36.8 Å². The van der Waals surface area contributed by atoms with Crippen molar-refractivity contribution in [3.63, 3.8) is 0 Å². The van der Waals surface area contributed by atoms with E-state index >= 15 is 0 Å². The zero-order valence-electron chi connectivity index (χ0n) is 10.8. The first-order valence-electron chi connectivity index (χ1n) is 6.21. The molecule has 106 valence electrons. The predicted molar refractivity (Wildman–Crippen MR) is 65.9 cm³/mol. The lowest BCUT2D eigenvalue weighted by atomic mass is 10.0. The number of pyridine rings is 1. The van der Waals surface area contributed by atoms with Crippen molar-refractivity contribution in [2.75, 3.05) is 25.6 Å². The van der Waals surface area contributed by atoms with Crippen LogP contribution < -0.4 is 5.32 Å². The van der Waals surface area contributed by atoms with Gasteiger partial charge in [-0.15, -0.1) is 0 Å². The first kappa shape index (κ1) is 14.1. The van der Waals surface area contributed by atoms with Gasteiger partial charge in [-0.1, -0.05) is 0 Å². The Morgan fingerprint density at radius 2 is 2.16 bits per heavy atom. The van der Waals surface area contributed by atoms with Crippen molar-refractivity contribution in [2.45, 2.75) is 25.4 Å². The quantitative estimate of drug-likeness (QED) is 0.864. The molecule has 0 bridgehead atoms. The second kappa shape index (κ2) is 5.36. The molecule has 1 fully saturated rings. The van der Waals surface area contributed by atoms with E-state index in [9.17, 15) is 13.2 Å². The van der Waals surface area contributed by atoms with E-state index in [0.717, 1.165) is 31.4 Å². The molecular formula is C13H17F3N2O. The lowest BCUT2D eigenvalue weighted by Gasteiger charge is -2.16. The monoisotopic (exact) mass is 274 g/mol. The summed E-state index contributed by atoms with van der Waals surface area (Å²) >= 11 is 0. The molecule has 1 aliphatic carbocycles. The maximum Gasteiger partial charge on any atom is 0.416 e. The highest BCUT2D eigenvalue weighted by Crippen LogP contribution is 2.48. The molecule has 1 N–H and O–H groups in total. The van der Waals surface area contributed by atoms with Gasteiger partial charge in [-0.2, -0.15) is 13.2 Å². The van der Waals surface area contributed by atoms with Crippen LogP contribution in [0.15, 0.2) is 18.3 Å². The van der Waals surface area contributed by atoms with Crippen molar-refractivity contribution >= 4 is 5.82 Å². The molecule has 1 heterocycles. The van der Waals surface area contributed by atoms with Gasteiger partial charge in [0.2, 0.25) is 0 Å². The van der Waals surface area contributed by atoms with Gasteiger partial charge in [0.1, 0.15) is 5.82 Å². The van der Waals surface area contributed by atoms with E-state index in [4.69, 9.17) is 4.74 Å². The Hall–Kier alpha value is -1.30. The molecule has 6 heteroatoms. The van der Waals surface area contributed by atoms with Crippen LogP contribution in [-0.4, -0.2) is 25.2 Å². The molecule has 0 saturated heterocycles. The number of nitrogens with zero attached hydrogens (tertiary/aromatic N) is 1. The van der Waals surface area contributed by atoms with E-state index in [2.05, 4.69) is 10.3 Å². The first-order valence-corrected chi connectivity index (χ1v) is 6.21. The second-order valence-electron chi connectivity index (χ2n) is 5.02. The van der Waals surface area contributed by atoms with Gasteiger partial charge in [-0.25, -0.2) is 4.98 Å². The highest BCUT2D eigenvalue weighted by molar-refractivity contribution is 5.39. The summed E-state index contributed by atoms with van der Waals surface area (Å²) in [5.74, 6) is 0.276. The number of ether oxygens (including phenoxy) is 1. The van der Waals surface area contributed by atoms with E-state index in [1.54, 1.807) is 7.11 Å². The second-order valence-corrected chi connectivity index (χ2v) is 5.02. The van der Waals surface area contributed by atoms with Gasteiger partial charge in [0.15, 0.2) is 0 Å². The Balaban J connectivity index is 1.93. The Morgan fingerprint density at radius 1 is 1.42 bits per heavy atom. The van der Waals surface area contributed by atoms with Crippen molar-refractivity contribution in [1.82, 2.24) is 4.98 Å². The van der Waals surface area contributed by atoms with E-state index in [-0.39, 0.29) is 11.2 Å². The SMILES string of the molecule is COCCC1(CNc2cc(C(F)(F)F)ccn2)CC1. The fourth-order valence-corrected chi connectivity index (χ4v) is 1.99. The average molecular weight is 274 g/mol. The first-order chi connectivity index (χ1) is 8.95. The van der Waals surface area contributed by atoms with Gasteiger partial charge in [0.25, 0.3) is 0 Å². The summed E-state index contributed by atoms with van der Waals surface area (Å²) in [6.45, 7) is 1.32. The van der Waals surface area contributed by atoms with Crippen molar-refractivity contribution in [3.05, 3.63) is 23.9 Å². The van der Waals surface area contributed by atoms with Crippen LogP contribution in [0.1, 0.15) is 24.8 Å². The third-order valence-electron chi connectivity index (χ3n) is 3.53. The fraction of sp³-hybridized carbons (Fsp3) is 0.615. The third kappa shape index (κ3) is 3.83. The molecular weight excluding hydrogens is 257 g/mol. The number of nitrogens with one attached hydrogen (secondary N) is 1. The van der Waals surface area contributed by atoms with Crippen molar-refractivity contribution in [2.24, 2.45) is 5.41 Å². The van der Waals surface area contributed by atoms with Crippen molar-refractivity contribution in [1.29, 1.82) is 0 Å². The molecule has 2 rings (SSSR count). The molecule has 0 spiro atoms. The zero-order valence-corrected chi connectivity index (χ0v) is 10.8. The van der Waals surface area contributed by atoms with Crippen LogP contribution in [0.4, 0.5) is 19.0 Å². The summed E-state index contributed by atoms with van der Waals surface area (Å²) in [5.41, 5.74) is -0.502. The Morgan fingerprint density at radius 3 is 2.74 bits per heavy atom. The maximum atomic E-state index is 12.5. The van der Waals surface area contributed by atoms with Gasteiger partial charge in [0.05, 0.1) is 5.56 Å². The standard InChI is InChI=1S/C13H17F3N2O/c1-19-7-5-12(3-4-12)9-18-11-8-10(2-6-17-11)13(14,15)16/h2,6,8H,3-5,7,9H2,1H3,(H,17,18). The molecule has 0 atom stereocenters. The lowest BCUT2D eigenvalue weighted by molar-refractivity contribution is -0.137. The highest BCUT2D eigenvalue weighted by Gasteiger charge is 2.41. The van der Waals surface area contributed by atoms with Gasteiger partial charge in [-0.3, -0.25) is 0 Å². The van der Waals surface area contributed by atoms with Crippen LogP contribution in [0.5, 0.6) is 0 Å². The summed E-state index contributed by atoms with van der Waals surface area (Å²) < 4.78 is 42.7. The average Bonchev–Trinajstić information content (AvgIpc) is 3.14. The summed E-state index contributed by atoms with van der Waals surface area (Å²) in [7, 11) is 1.65. The largest absolute Gasteiger partial charge is 0.416 e. The van der Waals surface area contributed by atoms with Crippen LogP contribution in [0.3, 0.4) is 0 Å². The number of halogens is 3. The van der Waals surface area contributed by atoms with Crippen LogP contribution in [0.25, 0.3) is 0 Å². The molecule has 0 radical (unpaired) electrons. The Kier molecular flexibility index (Phi) is 3.99. The molecule has 1 saturated carbocycles. The van der Waals surface area contributed by atoms with Crippen LogP contribution >= 0.6 is 0 Å². The number of methoxy groups -OCH3 is 1. The van der Waals surface area contributed by atoms with Gasteiger partial charge >= 0.3 is 6.18 Å².